The molecule has 0 aliphatic rings. The number of rotatable bonds is 9. The van der Waals surface area contributed by atoms with Gasteiger partial charge in [-0.05, 0) is 31.0 Å². The zero-order chi connectivity index (χ0) is 24.2. The first kappa shape index (κ1) is 25.6. The van der Waals surface area contributed by atoms with Gasteiger partial charge in [0.05, 0.1) is 6.54 Å². The summed E-state index contributed by atoms with van der Waals surface area (Å²) in [6, 6.07) is 4.40. The highest BCUT2D eigenvalue weighted by Crippen LogP contribution is 2.22. The van der Waals surface area contributed by atoms with E-state index in [0.29, 0.717) is 6.54 Å². The molecule has 176 valence electrons. The van der Waals surface area contributed by atoms with Crippen molar-refractivity contribution in [3.8, 4) is 0 Å². The normalized spacial score (nSPS) is 11.6. The average molecular weight is 468 g/mol. The fraction of sp³-hybridized carbons (Fsp3) is 0.500. The summed E-state index contributed by atoms with van der Waals surface area (Å²) in [7, 11) is 1.65. The van der Waals surface area contributed by atoms with Gasteiger partial charge in [-0.3, -0.25) is 24.0 Å². The van der Waals surface area contributed by atoms with Crippen LogP contribution < -0.4 is 21.9 Å². The van der Waals surface area contributed by atoms with Gasteiger partial charge in [0.1, 0.15) is 11.6 Å². The molecule has 2 aromatic rings. The van der Waals surface area contributed by atoms with E-state index in [-0.39, 0.29) is 53.6 Å². The van der Waals surface area contributed by atoms with Crippen LogP contribution in [0.3, 0.4) is 0 Å². The predicted molar refractivity (Wildman–Crippen MR) is 126 cm³/mol. The molecule has 32 heavy (non-hydrogen) atoms. The highest BCUT2D eigenvalue weighted by atomic mass is 35.5. The van der Waals surface area contributed by atoms with Crippen molar-refractivity contribution in [3.63, 3.8) is 0 Å². The van der Waals surface area contributed by atoms with Gasteiger partial charge in [-0.15, -0.1) is 0 Å². The van der Waals surface area contributed by atoms with Crippen LogP contribution in [0.25, 0.3) is 0 Å². The lowest BCUT2D eigenvalue weighted by atomic mass is 10.1. The summed E-state index contributed by atoms with van der Waals surface area (Å²) in [6.45, 7) is 8.14. The number of hydrogen-bond acceptors (Lipinski definition) is 5. The minimum atomic E-state index is -0.721. The third kappa shape index (κ3) is 6.20. The molecular weight excluding hydrogens is 437 g/mol. The van der Waals surface area contributed by atoms with Gasteiger partial charge in [0, 0.05) is 30.2 Å². The number of amides is 1. The molecule has 0 spiro atoms. The van der Waals surface area contributed by atoms with Crippen molar-refractivity contribution in [2.75, 3.05) is 30.8 Å². The van der Waals surface area contributed by atoms with Crippen LogP contribution in [0.2, 0.25) is 5.02 Å². The number of halogens is 2. The van der Waals surface area contributed by atoms with Crippen molar-refractivity contribution in [1.29, 1.82) is 0 Å². The molecule has 3 N–H and O–H groups in total. The summed E-state index contributed by atoms with van der Waals surface area (Å²) >= 11 is 6.10. The van der Waals surface area contributed by atoms with Crippen LogP contribution in [0.5, 0.6) is 0 Å². The number of nitrogens with zero attached hydrogens (tertiary/aromatic N) is 3. The summed E-state index contributed by atoms with van der Waals surface area (Å²) in [6.07, 6.45) is 0. The van der Waals surface area contributed by atoms with Crippen LogP contribution in [0.15, 0.2) is 27.8 Å². The summed E-state index contributed by atoms with van der Waals surface area (Å²) in [4.78, 5) is 43.4. The number of benzene rings is 1. The van der Waals surface area contributed by atoms with Gasteiger partial charge in [0.25, 0.3) is 5.56 Å². The molecule has 0 saturated heterocycles. The highest BCUT2D eigenvalue weighted by Gasteiger charge is 2.26. The van der Waals surface area contributed by atoms with Crippen molar-refractivity contribution in [3.05, 3.63) is 55.4 Å². The Morgan fingerprint density at radius 3 is 2.44 bits per heavy atom. The molecule has 1 amide bonds. The second-order valence-corrected chi connectivity index (χ2v) is 9.18. The van der Waals surface area contributed by atoms with Gasteiger partial charge in [-0.2, -0.15) is 0 Å². The van der Waals surface area contributed by atoms with Crippen molar-refractivity contribution in [2.24, 2.45) is 11.8 Å². The van der Waals surface area contributed by atoms with Gasteiger partial charge in [0.15, 0.2) is 5.69 Å². The lowest BCUT2D eigenvalue weighted by molar-refractivity contribution is -0.119. The first-order chi connectivity index (χ1) is 14.9. The second kappa shape index (κ2) is 10.8. The smallest absolute Gasteiger partial charge is 0.330 e. The second-order valence-electron chi connectivity index (χ2n) is 8.77. The molecule has 8 nitrogen and oxygen atoms in total. The van der Waals surface area contributed by atoms with E-state index >= 15 is 0 Å². The zero-order valence-electron chi connectivity index (χ0n) is 19.1. The van der Waals surface area contributed by atoms with Crippen LogP contribution in [-0.2, 0) is 17.9 Å². The number of aromatic nitrogens is 2. The molecule has 2 rings (SSSR count). The Balaban J connectivity index is 2.39. The maximum Gasteiger partial charge on any atom is 0.330 e. The Morgan fingerprint density at radius 1 is 1.22 bits per heavy atom. The maximum absolute atomic E-state index is 14.1. The fourth-order valence-electron chi connectivity index (χ4n) is 3.39. The molecule has 1 heterocycles. The zero-order valence-corrected chi connectivity index (χ0v) is 19.9. The monoisotopic (exact) mass is 467 g/mol. The molecule has 0 aliphatic heterocycles. The molecule has 1 aromatic heterocycles. The molecule has 10 heteroatoms. The standard InChI is InChI=1S/C22H31ClFN5O3/c1-13(2)9-28(19-20(25)29(10-14(3)4)22(32)26-21(19)31)18(30)12-27(5)11-15-16(23)7-6-8-17(15)24/h6-8,13-14H,9-12,25H2,1-5H3,(H,26,31,32). The largest absolute Gasteiger partial charge is 0.383 e. The predicted octanol–water partition coefficient (Wildman–Crippen LogP) is 2.69. The quantitative estimate of drug-likeness (QED) is 0.590. The van der Waals surface area contributed by atoms with E-state index in [1.807, 2.05) is 27.7 Å². The van der Waals surface area contributed by atoms with E-state index < -0.39 is 23.0 Å². The van der Waals surface area contributed by atoms with Gasteiger partial charge in [0.2, 0.25) is 5.91 Å². The van der Waals surface area contributed by atoms with Crippen LogP contribution in [0.4, 0.5) is 15.9 Å². The van der Waals surface area contributed by atoms with E-state index in [2.05, 4.69) is 4.98 Å². The number of nitrogens with two attached hydrogens (primary N) is 1. The first-order valence-corrected chi connectivity index (χ1v) is 10.8. The van der Waals surface area contributed by atoms with Crippen molar-refractivity contribution >= 4 is 29.0 Å². The Bertz CT molecular complexity index is 1060. The maximum atomic E-state index is 14.1. The number of nitrogen functional groups attached to an aromatic ring is 1. The number of nitrogens with one attached hydrogen (secondary N) is 1. The van der Waals surface area contributed by atoms with Crippen molar-refractivity contribution in [1.82, 2.24) is 14.5 Å². The van der Waals surface area contributed by atoms with Crippen LogP contribution in [0.1, 0.15) is 33.3 Å². The Labute approximate surface area is 191 Å². The van der Waals surface area contributed by atoms with E-state index in [9.17, 15) is 18.8 Å². The van der Waals surface area contributed by atoms with Crippen LogP contribution in [-0.4, -0.2) is 40.5 Å². The molecule has 0 unspecified atom stereocenters. The SMILES string of the molecule is CC(C)CN(C(=O)CN(C)Cc1c(F)cccc1Cl)c1c(N)n(CC(C)C)c(=O)[nH]c1=O. The average Bonchev–Trinajstić information content (AvgIpc) is 2.66. The Kier molecular flexibility index (Phi) is 8.63. The molecule has 0 atom stereocenters. The lowest BCUT2D eigenvalue weighted by Crippen LogP contribution is -2.46. The van der Waals surface area contributed by atoms with Crippen LogP contribution in [0, 0.1) is 17.7 Å². The fourth-order valence-corrected chi connectivity index (χ4v) is 3.62. The molecule has 0 bridgehead atoms. The number of H-pyrrole nitrogens is 1. The third-order valence-corrected chi connectivity index (χ3v) is 5.13. The van der Waals surface area contributed by atoms with E-state index in [1.54, 1.807) is 18.0 Å². The minimum absolute atomic E-state index is 0.0227. The van der Waals surface area contributed by atoms with Gasteiger partial charge in [-0.1, -0.05) is 45.4 Å². The third-order valence-electron chi connectivity index (χ3n) is 4.78. The lowest BCUT2D eigenvalue weighted by Gasteiger charge is -2.28. The molecule has 0 radical (unpaired) electrons. The minimum Gasteiger partial charge on any atom is -0.383 e. The van der Waals surface area contributed by atoms with Gasteiger partial charge >= 0.3 is 5.69 Å². The molecule has 0 fully saturated rings. The Hall–Kier alpha value is -2.65. The number of carbonyl (C=O) groups excluding carboxylic acids is 1. The van der Waals surface area contributed by atoms with E-state index in [1.165, 1.54) is 21.6 Å². The first-order valence-electron chi connectivity index (χ1n) is 10.5. The van der Waals surface area contributed by atoms with Crippen molar-refractivity contribution in [2.45, 2.75) is 40.8 Å². The highest BCUT2D eigenvalue weighted by molar-refractivity contribution is 6.31. The van der Waals surface area contributed by atoms with Crippen molar-refractivity contribution < 1.29 is 9.18 Å². The molecule has 0 saturated carbocycles. The molecule has 0 aliphatic carbocycles. The summed E-state index contributed by atoms with van der Waals surface area (Å²) < 4.78 is 15.4. The van der Waals surface area contributed by atoms with E-state index in [0.717, 1.165) is 0 Å². The number of hydrogen-bond donors (Lipinski definition) is 2. The summed E-state index contributed by atoms with van der Waals surface area (Å²) in [5, 5.41) is 0.268. The number of likely N-dealkylation sites (N-methyl/N-ethyl adjacent to an activating group) is 1. The van der Waals surface area contributed by atoms with Gasteiger partial charge in [-0.25, -0.2) is 9.18 Å². The number of aromatic amines is 1. The topological polar surface area (TPSA) is 104 Å². The molecular formula is C22H31ClFN5O3. The van der Waals surface area contributed by atoms with Gasteiger partial charge < -0.3 is 10.6 Å². The Morgan fingerprint density at radius 2 is 1.88 bits per heavy atom. The summed E-state index contributed by atoms with van der Waals surface area (Å²) in [5.74, 6) is -0.798. The number of anilines is 2. The van der Waals surface area contributed by atoms with E-state index in [4.69, 9.17) is 17.3 Å². The van der Waals surface area contributed by atoms with Crippen LogP contribution >= 0.6 is 11.6 Å². The number of carbonyl (C=O) groups is 1. The summed E-state index contributed by atoms with van der Waals surface area (Å²) in [5.41, 5.74) is 5.10. The molecule has 1 aromatic carbocycles.